The topological polar surface area (TPSA) is 62.1 Å². The number of aromatic nitrogens is 4. The van der Waals surface area contributed by atoms with Gasteiger partial charge >= 0.3 is 0 Å². The second-order valence-corrected chi connectivity index (χ2v) is 5.45. The summed E-state index contributed by atoms with van der Waals surface area (Å²) in [6.45, 7) is 0. The Morgan fingerprint density at radius 1 is 0.880 bits per heavy atom. The lowest BCUT2D eigenvalue weighted by Gasteiger charge is -2.11. The van der Waals surface area contributed by atoms with Crippen LogP contribution in [0.3, 0.4) is 0 Å². The normalized spacial score (nSPS) is 10.8. The summed E-state index contributed by atoms with van der Waals surface area (Å²) >= 11 is 0. The summed E-state index contributed by atoms with van der Waals surface area (Å²) in [4.78, 5) is 8.74. The zero-order chi connectivity index (χ0) is 17.2. The molecule has 124 valence electrons. The number of nitrogens with zero attached hydrogens (tertiary/aromatic N) is 4. The van der Waals surface area contributed by atoms with Crippen LogP contribution < -0.4 is 9.47 Å². The van der Waals surface area contributed by atoms with Gasteiger partial charge in [-0.1, -0.05) is 12.1 Å². The molecule has 0 aliphatic rings. The van der Waals surface area contributed by atoms with E-state index in [9.17, 15) is 0 Å². The molecule has 0 unspecified atom stereocenters. The molecule has 0 N–H and O–H groups in total. The van der Waals surface area contributed by atoms with Crippen LogP contribution >= 0.6 is 0 Å². The fraction of sp³-hybridized carbons (Fsp3) is 0.105. The van der Waals surface area contributed by atoms with Gasteiger partial charge in [-0.15, -0.1) is 0 Å². The Bertz CT molecular complexity index is 1030. The summed E-state index contributed by atoms with van der Waals surface area (Å²) in [6, 6.07) is 13.8. The summed E-state index contributed by atoms with van der Waals surface area (Å²) < 4.78 is 12.5. The molecule has 2 heterocycles. The van der Waals surface area contributed by atoms with E-state index < -0.39 is 0 Å². The smallest absolute Gasteiger partial charge is 0.164 e. The van der Waals surface area contributed by atoms with Crippen molar-refractivity contribution < 1.29 is 9.47 Å². The van der Waals surface area contributed by atoms with Gasteiger partial charge in [0.25, 0.3) is 0 Å². The minimum Gasteiger partial charge on any atom is -0.493 e. The third-order valence-corrected chi connectivity index (χ3v) is 4.05. The molecule has 4 aromatic rings. The minimum absolute atomic E-state index is 0.691. The number of ether oxygens (including phenoxy) is 2. The van der Waals surface area contributed by atoms with E-state index in [4.69, 9.17) is 9.47 Å². The van der Waals surface area contributed by atoms with Gasteiger partial charge in [0.15, 0.2) is 17.3 Å². The van der Waals surface area contributed by atoms with E-state index in [0.717, 1.165) is 27.8 Å². The van der Waals surface area contributed by atoms with Gasteiger partial charge in [0.1, 0.15) is 6.33 Å². The van der Waals surface area contributed by atoms with E-state index in [2.05, 4.69) is 21.1 Å². The maximum atomic E-state index is 5.40. The van der Waals surface area contributed by atoms with E-state index in [-0.39, 0.29) is 0 Å². The van der Waals surface area contributed by atoms with Crippen LogP contribution in [0.4, 0.5) is 0 Å². The van der Waals surface area contributed by atoms with Crippen LogP contribution in [0.2, 0.25) is 0 Å². The number of rotatable bonds is 4. The highest BCUT2D eigenvalue weighted by Gasteiger charge is 2.10. The average molecular weight is 332 g/mol. The predicted octanol–water partition coefficient (Wildman–Crippen LogP) is 3.50. The van der Waals surface area contributed by atoms with Gasteiger partial charge in [-0.25, -0.2) is 14.6 Å². The Balaban J connectivity index is 1.88. The standard InChI is InChI=1S/C19H16N4O2/c1-24-17-7-5-14(11-18(17)25-2)13-4-6-16-15(10-13)19(21-12-20-16)23-9-3-8-22-23/h3-12H,1-2H3. The molecule has 0 spiro atoms. The van der Waals surface area contributed by atoms with Crippen LogP contribution in [-0.4, -0.2) is 34.0 Å². The molecule has 25 heavy (non-hydrogen) atoms. The first-order chi connectivity index (χ1) is 12.3. The van der Waals surface area contributed by atoms with Crippen molar-refractivity contribution in [3.63, 3.8) is 0 Å². The Hall–Kier alpha value is -3.41. The van der Waals surface area contributed by atoms with Gasteiger partial charge in [-0.3, -0.25) is 0 Å². The molecular weight excluding hydrogens is 316 g/mol. The SMILES string of the molecule is COc1ccc(-c2ccc3ncnc(-n4cccn4)c3c2)cc1OC. The van der Waals surface area contributed by atoms with Crippen molar-refractivity contribution in [1.82, 2.24) is 19.7 Å². The summed E-state index contributed by atoms with van der Waals surface area (Å²) in [5.74, 6) is 2.14. The van der Waals surface area contributed by atoms with E-state index in [1.54, 1.807) is 31.4 Å². The van der Waals surface area contributed by atoms with Gasteiger partial charge in [0.05, 0.1) is 19.7 Å². The molecule has 2 aromatic heterocycles. The molecule has 0 bridgehead atoms. The Morgan fingerprint density at radius 2 is 1.68 bits per heavy atom. The largest absolute Gasteiger partial charge is 0.493 e. The van der Waals surface area contributed by atoms with Crippen molar-refractivity contribution in [2.24, 2.45) is 0 Å². The maximum Gasteiger partial charge on any atom is 0.164 e. The molecule has 0 fully saturated rings. The van der Waals surface area contributed by atoms with E-state index >= 15 is 0 Å². The molecule has 0 aliphatic carbocycles. The first kappa shape index (κ1) is 15.1. The number of hydrogen-bond acceptors (Lipinski definition) is 5. The maximum absolute atomic E-state index is 5.40. The van der Waals surface area contributed by atoms with Gasteiger partial charge < -0.3 is 9.47 Å². The van der Waals surface area contributed by atoms with Crippen LogP contribution in [-0.2, 0) is 0 Å². The number of methoxy groups -OCH3 is 2. The highest BCUT2D eigenvalue weighted by atomic mass is 16.5. The average Bonchev–Trinajstić information content (AvgIpc) is 3.21. The molecule has 0 saturated heterocycles. The quantitative estimate of drug-likeness (QED) is 0.572. The second kappa shape index (κ2) is 6.24. The highest BCUT2D eigenvalue weighted by molar-refractivity contribution is 5.89. The lowest BCUT2D eigenvalue weighted by atomic mass is 10.0. The fourth-order valence-corrected chi connectivity index (χ4v) is 2.82. The van der Waals surface area contributed by atoms with Crippen molar-refractivity contribution in [3.05, 3.63) is 61.2 Å². The summed E-state index contributed by atoms with van der Waals surface area (Å²) in [7, 11) is 3.26. The van der Waals surface area contributed by atoms with Crippen molar-refractivity contribution >= 4 is 10.9 Å². The highest BCUT2D eigenvalue weighted by Crippen LogP contribution is 2.33. The zero-order valence-electron chi connectivity index (χ0n) is 13.9. The molecule has 6 nitrogen and oxygen atoms in total. The third kappa shape index (κ3) is 2.67. The lowest BCUT2D eigenvalue weighted by molar-refractivity contribution is 0.355. The molecule has 0 amide bonds. The van der Waals surface area contributed by atoms with Crippen molar-refractivity contribution in [2.75, 3.05) is 14.2 Å². The van der Waals surface area contributed by atoms with Crippen LogP contribution in [0.1, 0.15) is 0 Å². The monoisotopic (exact) mass is 332 g/mol. The molecule has 4 rings (SSSR count). The third-order valence-electron chi connectivity index (χ3n) is 4.05. The summed E-state index contributed by atoms with van der Waals surface area (Å²) in [5, 5.41) is 5.21. The summed E-state index contributed by atoms with van der Waals surface area (Å²) in [5.41, 5.74) is 2.93. The molecule has 2 aromatic carbocycles. The number of benzene rings is 2. The zero-order valence-corrected chi connectivity index (χ0v) is 13.9. The van der Waals surface area contributed by atoms with Crippen molar-refractivity contribution in [2.45, 2.75) is 0 Å². The molecule has 6 heteroatoms. The van der Waals surface area contributed by atoms with Crippen molar-refractivity contribution in [3.8, 4) is 28.4 Å². The predicted molar refractivity (Wildman–Crippen MR) is 95.2 cm³/mol. The molecular formula is C19H16N4O2. The molecule has 0 aliphatic heterocycles. The Labute approximate surface area is 144 Å². The summed E-state index contributed by atoms with van der Waals surface area (Å²) in [6.07, 6.45) is 5.15. The van der Waals surface area contributed by atoms with Gasteiger partial charge in [0.2, 0.25) is 0 Å². The second-order valence-electron chi connectivity index (χ2n) is 5.45. The minimum atomic E-state index is 0.691. The van der Waals surface area contributed by atoms with E-state index in [0.29, 0.717) is 11.5 Å². The number of fused-ring (bicyclic) bond motifs is 1. The van der Waals surface area contributed by atoms with Crippen LogP contribution in [0.15, 0.2) is 61.2 Å². The Morgan fingerprint density at radius 3 is 2.44 bits per heavy atom. The van der Waals surface area contributed by atoms with Gasteiger partial charge in [-0.05, 0) is 41.5 Å². The first-order valence-corrected chi connectivity index (χ1v) is 7.77. The van der Waals surface area contributed by atoms with Crippen LogP contribution in [0.25, 0.3) is 27.8 Å². The van der Waals surface area contributed by atoms with Crippen molar-refractivity contribution in [1.29, 1.82) is 0 Å². The van der Waals surface area contributed by atoms with Gasteiger partial charge in [0, 0.05) is 17.8 Å². The molecule has 0 saturated carbocycles. The lowest BCUT2D eigenvalue weighted by Crippen LogP contribution is -2.00. The van der Waals surface area contributed by atoms with Crippen LogP contribution in [0.5, 0.6) is 11.5 Å². The van der Waals surface area contributed by atoms with Crippen LogP contribution in [0, 0.1) is 0 Å². The van der Waals surface area contributed by atoms with E-state index in [1.165, 1.54) is 0 Å². The Kier molecular flexibility index (Phi) is 3.78. The van der Waals surface area contributed by atoms with E-state index in [1.807, 2.05) is 42.6 Å². The van der Waals surface area contributed by atoms with Gasteiger partial charge in [-0.2, -0.15) is 5.10 Å². The molecule has 0 radical (unpaired) electrons. The number of hydrogen-bond donors (Lipinski definition) is 0. The molecule has 0 atom stereocenters. The fourth-order valence-electron chi connectivity index (χ4n) is 2.82. The first-order valence-electron chi connectivity index (χ1n) is 7.77.